The van der Waals surface area contributed by atoms with Gasteiger partial charge in [-0.2, -0.15) is 4.31 Å². The Balaban J connectivity index is 1.83. The van der Waals surface area contributed by atoms with Crippen LogP contribution in [-0.2, 0) is 14.8 Å². The summed E-state index contributed by atoms with van der Waals surface area (Å²) in [5.41, 5.74) is 0. The predicted octanol–water partition coefficient (Wildman–Crippen LogP) is -0.0579. The molecule has 1 aromatic rings. The first-order valence-electron chi connectivity index (χ1n) is 8.14. The highest BCUT2D eigenvalue weighted by Gasteiger charge is 2.31. The average molecular weight is 361 g/mol. The van der Waals surface area contributed by atoms with Crippen LogP contribution in [0.4, 0.5) is 0 Å². The second kappa shape index (κ2) is 8.23. The molecular formula is C15H26N3O3S2+. The minimum atomic E-state index is -3.36. The van der Waals surface area contributed by atoms with Crippen molar-refractivity contribution in [2.75, 3.05) is 32.7 Å². The first-order valence-corrected chi connectivity index (χ1v) is 10.5. The lowest BCUT2D eigenvalue weighted by molar-refractivity contribution is -0.895. The van der Waals surface area contributed by atoms with Crippen LogP contribution in [0.1, 0.15) is 26.7 Å². The van der Waals surface area contributed by atoms with Crippen molar-refractivity contribution in [3.63, 3.8) is 0 Å². The third-order valence-corrected chi connectivity index (χ3v) is 7.55. The quantitative estimate of drug-likeness (QED) is 0.716. The van der Waals surface area contributed by atoms with Gasteiger partial charge in [0.05, 0.1) is 26.2 Å². The zero-order chi connectivity index (χ0) is 16.9. The number of hydrogen-bond donors (Lipinski definition) is 2. The van der Waals surface area contributed by atoms with Crippen LogP contribution in [0.3, 0.4) is 0 Å². The van der Waals surface area contributed by atoms with E-state index in [1.807, 2.05) is 0 Å². The van der Waals surface area contributed by atoms with Gasteiger partial charge in [-0.25, -0.2) is 8.42 Å². The second-order valence-electron chi connectivity index (χ2n) is 5.84. The van der Waals surface area contributed by atoms with Gasteiger partial charge in [-0.3, -0.25) is 4.79 Å². The molecule has 0 unspecified atom stereocenters. The van der Waals surface area contributed by atoms with Crippen LogP contribution in [0.5, 0.6) is 0 Å². The number of piperazine rings is 1. The van der Waals surface area contributed by atoms with Gasteiger partial charge in [-0.05, 0) is 24.3 Å². The predicted molar refractivity (Wildman–Crippen MR) is 91.2 cm³/mol. The molecule has 1 amide bonds. The molecule has 2 rings (SSSR count). The van der Waals surface area contributed by atoms with E-state index in [1.54, 1.807) is 17.5 Å². The number of rotatable bonds is 7. The molecule has 0 aromatic carbocycles. The van der Waals surface area contributed by atoms with Gasteiger partial charge in [0.15, 0.2) is 6.54 Å². The Kier molecular flexibility index (Phi) is 6.58. The number of sulfonamides is 1. The van der Waals surface area contributed by atoms with Crippen molar-refractivity contribution >= 4 is 27.3 Å². The lowest BCUT2D eigenvalue weighted by Crippen LogP contribution is -3.15. The van der Waals surface area contributed by atoms with Crippen molar-refractivity contribution < 1.29 is 18.1 Å². The highest BCUT2D eigenvalue weighted by molar-refractivity contribution is 7.91. The Morgan fingerprint density at radius 1 is 1.35 bits per heavy atom. The number of thiophene rings is 1. The molecule has 0 bridgehead atoms. The molecule has 2 N–H and O–H groups in total. The number of quaternary nitrogens is 1. The number of nitrogens with one attached hydrogen (secondary N) is 2. The fourth-order valence-electron chi connectivity index (χ4n) is 2.76. The molecule has 0 saturated carbocycles. The molecule has 2 heterocycles. The molecule has 0 spiro atoms. The summed E-state index contributed by atoms with van der Waals surface area (Å²) in [4.78, 5) is 13.2. The van der Waals surface area contributed by atoms with Crippen LogP contribution in [0.15, 0.2) is 21.7 Å². The van der Waals surface area contributed by atoms with E-state index in [2.05, 4.69) is 19.2 Å². The van der Waals surface area contributed by atoms with Gasteiger partial charge < -0.3 is 10.2 Å². The number of amides is 1. The van der Waals surface area contributed by atoms with Gasteiger partial charge >= 0.3 is 0 Å². The number of carbonyl (C=O) groups excluding carboxylic acids is 1. The maximum atomic E-state index is 12.4. The van der Waals surface area contributed by atoms with Crippen LogP contribution < -0.4 is 10.2 Å². The van der Waals surface area contributed by atoms with E-state index >= 15 is 0 Å². The number of carbonyl (C=O) groups is 1. The Labute approximate surface area is 142 Å². The summed E-state index contributed by atoms with van der Waals surface area (Å²) in [7, 11) is -3.36. The van der Waals surface area contributed by atoms with E-state index in [1.165, 1.54) is 15.6 Å². The first-order chi connectivity index (χ1) is 11.0. The van der Waals surface area contributed by atoms with Crippen LogP contribution in [-0.4, -0.2) is 57.4 Å². The molecule has 0 radical (unpaired) electrons. The third kappa shape index (κ3) is 4.76. The summed E-state index contributed by atoms with van der Waals surface area (Å²) >= 11 is 1.25. The van der Waals surface area contributed by atoms with Gasteiger partial charge in [0, 0.05) is 6.04 Å². The summed E-state index contributed by atoms with van der Waals surface area (Å²) in [6.07, 6.45) is 1.87. The third-order valence-electron chi connectivity index (χ3n) is 4.28. The second-order valence-corrected chi connectivity index (χ2v) is 8.96. The van der Waals surface area contributed by atoms with Crippen molar-refractivity contribution in [1.29, 1.82) is 0 Å². The summed E-state index contributed by atoms with van der Waals surface area (Å²) in [5, 5.41) is 4.81. The van der Waals surface area contributed by atoms with Crippen LogP contribution in [0, 0.1) is 0 Å². The number of nitrogens with zero attached hydrogens (tertiary/aromatic N) is 1. The van der Waals surface area contributed by atoms with E-state index < -0.39 is 10.0 Å². The minimum Gasteiger partial charge on any atom is -0.349 e. The minimum absolute atomic E-state index is 0.0586. The van der Waals surface area contributed by atoms with Crippen LogP contribution in [0.2, 0.25) is 0 Å². The highest BCUT2D eigenvalue weighted by atomic mass is 32.2. The smallest absolute Gasteiger partial charge is 0.275 e. The number of hydrogen-bond acceptors (Lipinski definition) is 4. The van der Waals surface area contributed by atoms with E-state index in [0.717, 1.165) is 17.7 Å². The standard InChI is InChI=1S/C15H25N3O3S2/c1-3-13(4-2)16-14(19)12-17-7-9-18(10-8-17)23(20,21)15-6-5-11-22-15/h5-6,11,13H,3-4,7-10,12H2,1-2H3,(H,16,19)/p+1. The first kappa shape index (κ1) is 18.4. The van der Waals surface area contributed by atoms with Crippen LogP contribution >= 0.6 is 11.3 Å². The van der Waals surface area contributed by atoms with Crippen molar-refractivity contribution in [3.8, 4) is 0 Å². The maximum Gasteiger partial charge on any atom is 0.275 e. The molecule has 8 heteroatoms. The fraction of sp³-hybridized carbons (Fsp3) is 0.667. The Morgan fingerprint density at radius 2 is 2.00 bits per heavy atom. The summed E-state index contributed by atoms with van der Waals surface area (Å²) in [6.45, 7) is 6.82. The topological polar surface area (TPSA) is 70.9 Å². The summed E-state index contributed by atoms with van der Waals surface area (Å²) < 4.78 is 26.8. The molecule has 1 aliphatic heterocycles. The van der Waals surface area contributed by atoms with Crippen molar-refractivity contribution in [2.45, 2.75) is 36.9 Å². The molecule has 1 aromatic heterocycles. The SMILES string of the molecule is CCC(CC)NC(=O)C[NH+]1CCN(S(=O)(=O)c2cccs2)CC1. The molecule has 130 valence electrons. The summed E-state index contributed by atoms with van der Waals surface area (Å²) in [6, 6.07) is 3.63. The normalized spacial score (nSPS) is 17.5. The van der Waals surface area contributed by atoms with E-state index in [0.29, 0.717) is 36.9 Å². The van der Waals surface area contributed by atoms with Crippen molar-refractivity contribution in [1.82, 2.24) is 9.62 Å². The van der Waals surface area contributed by atoms with Crippen molar-refractivity contribution in [3.05, 3.63) is 17.5 Å². The van der Waals surface area contributed by atoms with E-state index in [-0.39, 0.29) is 11.9 Å². The Hall–Kier alpha value is -0.960. The molecule has 1 aliphatic rings. The average Bonchev–Trinajstić information content (AvgIpc) is 3.08. The Morgan fingerprint density at radius 3 is 2.52 bits per heavy atom. The zero-order valence-corrected chi connectivity index (χ0v) is 15.4. The largest absolute Gasteiger partial charge is 0.349 e. The molecule has 0 atom stereocenters. The Bertz CT molecular complexity index is 589. The van der Waals surface area contributed by atoms with Crippen molar-refractivity contribution in [2.24, 2.45) is 0 Å². The molecule has 6 nitrogen and oxygen atoms in total. The van der Waals surface area contributed by atoms with Gasteiger partial charge in [-0.15, -0.1) is 11.3 Å². The molecule has 23 heavy (non-hydrogen) atoms. The van der Waals surface area contributed by atoms with Gasteiger partial charge in [0.25, 0.3) is 15.9 Å². The van der Waals surface area contributed by atoms with E-state index in [4.69, 9.17) is 0 Å². The van der Waals surface area contributed by atoms with E-state index in [9.17, 15) is 13.2 Å². The monoisotopic (exact) mass is 360 g/mol. The lowest BCUT2D eigenvalue weighted by atomic mass is 10.2. The molecule has 1 fully saturated rings. The molecular weight excluding hydrogens is 334 g/mol. The molecule has 1 saturated heterocycles. The lowest BCUT2D eigenvalue weighted by Gasteiger charge is -2.31. The highest BCUT2D eigenvalue weighted by Crippen LogP contribution is 2.20. The maximum absolute atomic E-state index is 12.4. The fourth-order valence-corrected chi connectivity index (χ4v) is 5.34. The van der Waals surface area contributed by atoms with Gasteiger partial charge in [0.1, 0.15) is 4.21 Å². The van der Waals surface area contributed by atoms with Gasteiger partial charge in [-0.1, -0.05) is 19.9 Å². The molecule has 0 aliphatic carbocycles. The van der Waals surface area contributed by atoms with Crippen LogP contribution in [0.25, 0.3) is 0 Å². The zero-order valence-electron chi connectivity index (χ0n) is 13.7. The van der Waals surface area contributed by atoms with Gasteiger partial charge in [0.2, 0.25) is 0 Å². The summed E-state index contributed by atoms with van der Waals surface area (Å²) in [5.74, 6) is 0.0586.